The van der Waals surface area contributed by atoms with Gasteiger partial charge in [0.1, 0.15) is 5.01 Å². The molecular weight excluding hydrogens is 235 g/mol. The quantitative estimate of drug-likeness (QED) is 0.638. The summed E-state index contributed by atoms with van der Waals surface area (Å²) in [5, 5.41) is 18.5. The Kier molecular flexibility index (Phi) is 2.49. The first-order chi connectivity index (χ1) is 7.58. The van der Waals surface area contributed by atoms with E-state index in [9.17, 15) is 14.5 Å². The van der Waals surface area contributed by atoms with Crippen molar-refractivity contribution in [1.82, 2.24) is 10.2 Å². The van der Waals surface area contributed by atoms with Crippen LogP contribution in [0.3, 0.4) is 0 Å². The fraction of sp³-hybridized carbons (Fsp3) is 0. The Morgan fingerprint density at radius 3 is 2.75 bits per heavy atom. The predicted molar refractivity (Wildman–Crippen MR) is 56.4 cm³/mol. The zero-order valence-electron chi connectivity index (χ0n) is 7.75. The van der Waals surface area contributed by atoms with E-state index in [2.05, 4.69) is 10.2 Å². The number of hydrogen-bond donors (Lipinski definition) is 1. The maximum atomic E-state index is 13.0. The molecule has 6 nitrogen and oxygen atoms in total. The molecule has 0 aliphatic heterocycles. The van der Waals surface area contributed by atoms with Gasteiger partial charge in [0.15, 0.2) is 0 Å². The average molecular weight is 240 g/mol. The van der Waals surface area contributed by atoms with E-state index in [4.69, 9.17) is 5.73 Å². The zero-order chi connectivity index (χ0) is 11.7. The maximum Gasteiger partial charge on any atom is 0.305 e. The molecule has 0 saturated carbocycles. The number of nitrogens with two attached hydrogens (primary N) is 1. The Morgan fingerprint density at radius 1 is 1.44 bits per heavy atom. The van der Waals surface area contributed by atoms with Crippen LogP contribution in [0.25, 0.3) is 10.6 Å². The Labute approximate surface area is 92.7 Å². The van der Waals surface area contributed by atoms with Crippen LogP contribution in [-0.4, -0.2) is 15.1 Å². The van der Waals surface area contributed by atoms with Gasteiger partial charge in [-0.2, -0.15) is 4.39 Å². The van der Waals surface area contributed by atoms with Gasteiger partial charge in [0.25, 0.3) is 0 Å². The molecular formula is C8H5FN4O2S. The lowest BCUT2D eigenvalue weighted by Gasteiger charge is -1.96. The van der Waals surface area contributed by atoms with Crippen LogP contribution in [0, 0.1) is 15.9 Å². The van der Waals surface area contributed by atoms with Crippen LogP contribution >= 0.6 is 11.3 Å². The van der Waals surface area contributed by atoms with E-state index in [0.717, 1.165) is 23.5 Å². The fourth-order valence-electron chi connectivity index (χ4n) is 1.14. The van der Waals surface area contributed by atoms with Crippen LogP contribution in [0.5, 0.6) is 0 Å². The van der Waals surface area contributed by atoms with E-state index >= 15 is 0 Å². The maximum absolute atomic E-state index is 13.0. The second kappa shape index (κ2) is 3.81. The van der Waals surface area contributed by atoms with E-state index in [1.807, 2.05) is 0 Å². The van der Waals surface area contributed by atoms with Gasteiger partial charge in [-0.25, -0.2) is 0 Å². The lowest BCUT2D eigenvalue weighted by atomic mass is 10.2. The molecule has 0 saturated heterocycles. The number of rotatable bonds is 2. The Bertz CT molecular complexity index is 557. The van der Waals surface area contributed by atoms with Crippen LogP contribution in [0.4, 0.5) is 15.2 Å². The van der Waals surface area contributed by atoms with E-state index in [0.29, 0.717) is 10.6 Å². The third-order valence-corrected chi connectivity index (χ3v) is 2.63. The number of nitro benzene ring substituents is 1. The minimum absolute atomic E-state index is 0.252. The second-order valence-electron chi connectivity index (χ2n) is 2.87. The van der Waals surface area contributed by atoms with Crippen LogP contribution < -0.4 is 5.73 Å². The normalized spacial score (nSPS) is 10.3. The molecule has 16 heavy (non-hydrogen) atoms. The monoisotopic (exact) mass is 240 g/mol. The number of nitro groups is 1. The zero-order valence-corrected chi connectivity index (χ0v) is 8.57. The first-order valence-corrected chi connectivity index (χ1v) is 4.93. The van der Waals surface area contributed by atoms with Crippen molar-refractivity contribution in [3.63, 3.8) is 0 Å². The number of hydrogen-bond acceptors (Lipinski definition) is 6. The van der Waals surface area contributed by atoms with Gasteiger partial charge >= 0.3 is 5.69 Å². The van der Waals surface area contributed by atoms with Crippen molar-refractivity contribution in [2.75, 3.05) is 5.73 Å². The molecule has 2 aromatic rings. The van der Waals surface area contributed by atoms with Crippen molar-refractivity contribution in [1.29, 1.82) is 0 Å². The molecule has 2 rings (SSSR count). The molecule has 2 N–H and O–H groups in total. The van der Waals surface area contributed by atoms with Crippen molar-refractivity contribution >= 4 is 22.2 Å². The topological polar surface area (TPSA) is 94.9 Å². The van der Waals surface area contributed by atoms with Gasteiger partial charge in [-0.3, -0.25) is 10.1 Å². The molecule has 0 spiro atoms. The third kappa shape index (κ3) is 1.82. The van der Waals surface area contributed by atoms with Crippen LogP contribution in [0.1, 0.15) is 0 Å². The number of aromatic nitrogens is 2. The third-order valence-electron chi connectivity index (χ3n) is 1.83. The summed E-state index contributed by atoms with van der Waals surface area (Å²) < 4.78 is 13.0. The Balaban J connectivity index is 2.51. The summed E-state index contributed by atoms with van der Waals surface area (Å²) in [5.41, 5.74) is 5.21. The molecule has 82 valence electrons. The van der Waals surface area contributed by atoms with Gasteiger partial charge in [-0.1, -0.05) is 11.3 Å². The highest BCUT2D eigenvalue weighted by Gasteiger charge is 2.16. The smallest absolute Gasteiger partial charge is 0.305 e. The van der Waals surface area contributed by atoms with Gasteiger partial charge in [0, 0.05) is 11.6 Å². The molecule has 8 heteroatoms. The van der Waals surface area contributed by atoms with Gasteiger partial charge < -0.3 is 5.73 Å². The summed E-state index contributed by atoms with van der Waals surface area (Å²) in [5.74, 6) is -0.883. The van der Waals surface area contributed by atoms with Crippen LogP contribution in [0.15, 0.2) is 18.2 Å². The highest BCUT2D eigenvalue weighted by atomic mass is 32.1. The van der Waals surface area contributed by atoms with Crippen molar-refractivity contribution in [2.24, 2.45) is 0 Å². The number of anilines is 1. The SMILES string of the molecule is Nc1nnc(-c2ccc(F)c([N+](=O)[O-])c2)s1. The standard InChI is InChI=1S/C8H5FN4O2S/c9-5-2-1-4(3-6(5)13(14)15)7-11-12-8(10)16-7/h1-3H,(H2,10,12). The molecule has 0 fully saturated rings. The van der Waals surface area contributed by atoms with Gasteiger partial charge in [0.05, 0.1) is 4.92 Å². The van der Waals surface area contributed by atoms with E-state index in [-0.39, 0.29) is 5.13 Å². The minimum atomic E-state index is -0.883. The first kappa shape index (κ1) is 10.4. The first-order valence-electron chi connectivity index (χ1n) is 4.11. The van der Waals surface area contributed by atoms with Crippen molar-refractivity contribution < 1.29 is 9.31 Å². The van der Waals surface area contributed by atoms with E-state index in [1.165, 1.54) is 6.07 Å². The summed E-state index contributed by atoms with van der Waals surface area (Å²) in [6.07, 6.45) is 0. The van der Waals surface area contributed by atoms with E-state index in [1.54, 1.807) is 0 Å². The van der Waals surface area contributed by atoms with Gasteiger partial charge in [-0.15, -0.1) is 10.2 Å². The summed E-state index contributed by atoms with van der Waals surface area (Å²) in [7, 11) is 0. The molecule has 0 radical (unpaired) electrons. The molecule has 1 aromatic carbocycles. The van der Waals surface area contributed by atoms with E-state index < -0.39 is 16.4 Å². The molecule has 0 aliphatic rings. The molecule has 1 heterocycles. The van der Waals surface area contributed by atoms with Crippen molar-refractivity contribution in [2.45, 2.75) is 0 Å². The second-order valence-corrected chi connectivity index (χ2v) is 3.88. The Hall–Kier alpha value is -2.09. The van der Waals surface area contributed by atoms with Crippen molar-refractivity contribution in [3.05, 3.63) is 34.1 Å². The number of nitrogens with zero attached hydrogens (tertiary/aromatic N) is 3. The molecule has 1 aromatic heterocycles. The minimum Gasteiger partial charge on any atom is -0.374 e. The average Bonchev–Trinajstić information content (AvgIpc) is 2.65. The van der Waals surface area contributed by atoms with Crippen LogP contribution in [-0.2, 0) is 0 Å². The molecule has 0 unspecified atom stereocenters. The Morgan fingerprint density at radius 2 is 2.19 bits per heavy atom. The number of halogens is 1. The lowest BCUT2D eigenvalue weighted by Crippen LogP contribution is -1.92. The number of benzene rings is 1. The molecule has 0 bridgehead atoms. The fourth-order valence-corrected chi connectivity index (χ4v) is 1.74. The molecule has 0 amide bonds. The summed E-state index contributed by atoms with van der Waals surface area (Å²) >= 11 is 1.08. The highest BCUT2D eigenvalue weighted by molar-refractivity contribution is 7.18. The predicted octanol–water partition coefficient (Wildman–Crippen LogP) is 1.83. The summed E-state index contributed by atoms with van der Waals surface area (Å²) in [6.45, 7) is 0. The number of nitrogen functional groups attached to an aromatic ring is 1. The molecule has 0 atom stereocenters. The summed E-state index contributed by atoms with van der Waals surface area (Å²) in [4.78, 5) is 9.73. The molecule has 0 aliphatic carbocycles. The highest BCUT2D eigenvalue weighted by Crippen LogP contribution is 2.28. The van der Waals surface area contributed by atoms with Gasteiger partial charge in [0.2, 0.25) is 10.9 Å². The summed E-state index contributed by atoms with van der Waals surface area (Å²) in [6, 6.07) is 3.52. The lowest BCUT2D eigenvalue weighted by molar-refractivity contribution is -0.387. The van der Waals surface area contributed by atoms with Gasteiger partial charge in [-0.05, 0) is 12.1 Å². The van der Waals surface area contributed by atoms with Crippen molar-refractivity contribution in [3.8, 4) is 10.6 Å². The largest absolute Gasteiger partial charge is 0.374 e. The van der Waals surface area contributed by atoms with Crippen LogP contribution in [0.2, 0.25) is 0 Å².